The van der Waals surface area contributed by atoms with Crippen molar-refractivity contribution in [2.75, 3.05) is 5.32 Å². The van der Waals surface area contributed by atoms with Crippen LogP contribution in [0.1, 0.15) is 12.8 Å². The summed E-state index contributed by atoms with van der Waals surface area (Å²) in [5, 5.41) is 4.44. The van der Waals surface area contributed by atoms with Crippen LogP contribution in [-0.4, -0.2) is 15.6 Å². The molecule has 0 spiro atoms. The van der Waals surface area contributed by atoms with Crippen LogP contribution in [0, 0.1) is 5.82 Å². The molecule has 0 radical (unpaired) electrons. The third kappa shape index (κ3) is 2.45. The zero-order chi connectivity index (χ0) is 17.8. The summed E-state index contributed by atoms with van der Waals surface area (Å²) in [7, 11) is 0. The van der Waals surface area contributed by atoms with E-state index in [2.05, 4.69) is 10.3 Å². The summed E-state index contributed by atoms with van der Waals surface area (Å²) in [5.74, 6) is -0.0268. The summed E-state index contributed by atoms with van der Waals surface area (Å²) in [6.07, 6.45) is 2.06. The lowest BCUT2D eigenvalue weighted by atomic mass is 10.2. The number of furan rings is 1. The van der Waals surface area contributed by atoms with Crippen molar-refractivity contribution >= 4 is 39.5 Å². The molecule has 1 aliphatic carbocycles. The molecule has 0 saturated heterocycles. The lowest BCUT2D eigenvalue weighted by molar-refractivity contribution is 0.626. The molecule has 0 amide bonds. The lowest BCUT2D eigenvalue weighted by Gasteiger charge is -2.10. The Labute approximate surface area is 152 Å². The topological polar surface area (TPSA) is 60.1 Å². The summed E-state index contributed by atoms with van der Waals surface area (Å²) >= 11 is 6.15. The predicted molar refractivity (Wildman–Crippen MR) is 98.7 cm³/mol. The Hall–Kier alpha value is -2.86. The monoisotopic (exact) mass is 369 g/mol. The summed E-state index contributed by atoms with van der Waals surface area (Å²) in [4.78, 5) is 17.0. The van der Waals surface area contributed by atoms with E-state index in [0.717, 1.165) is 12.8 Å². The van der Waals surface area contributed by atoms with Gasteiger partial charge in [0, 0.05) is 16.5 Å². The first-order valence-electron chi connectivity index (χ1n) is 8.27. The number of nitrogens with one attached hydrogen (secondary N) is 1. The highest BCUT2D eigenvalue weighted by Crippen LogP contribution is 2.35. The molecule has 2 aromatic carbocycles. The maximum absolute atomic E-state index is 13.8. The molecule has 2 aromatic heterocycles. The number of halogens is 2. The van der Waals surface area contributed by atoms with Gasteiger partial charge in [0.15, 0.2) is 11.4 Å². The molecule has 0 aliphatic heterocycles. The zero-order valence-corrected chi connectivity index (χ0v) is 14.3. The third-order valence-corrected chi connectivity index (χ3v) is 4.68. The van der Waals surface area contributed by atoms with Crippen molar-refractivity contribution in [2.45, 2.75) is 18.9 Å². The molecule has 130 valence electrons. The Kier molecular flexibility index (Phi) is 3.30. The zero-order valence-electron chi connectivity index (χ0n) is 13.5. The molecule has 0 atom stereocenters. The normalized spacial score (nSPS) is 14.2. The first-order valence-corrected chi connectivity index (χ1v) is 8.65. The van der Waals surface area contributed by atoms with Gasteiger partial charge in [-0.05, 0) is 49.2 Å². The number of fused-ring (bicyclic) bond motifs is 3. The molecule has 26 heavy (non-hydrogen) atoms. The van der Waals surface area contributed by atoms with Crippen LogP contribution in [0.15, 0.2) is 51.7 Å². The molecule has 0 unspecified atom stereocenters. The first-order chi connectivity index (χ1) is 12.6. The largest absolute Gasteiger partial charge is 0.450 e. The second kappa shape index (κ2) is 5.57. The van der Waals surface area contributed by atoms with Crippen molar-refractivity contribution in [3.05, 3.63) is 63.8 Å². The van der Waals surface area contributed by atoms with Crippen molar-refractivity contribution in [1.29, 1.82) is 0 Å². The van der Waals surface area contributed by atoms with Crippen molar-refractivity contribution in [3.8, 4) is 5.69 Å². The smallest absolute Gasteiger partial charge is 0.354 e. The number of benzene rings is 2. The van der Waals surface area contributed by atoms with E-state index in [1.165, 1.54) is 16.7 Å². The van der Waals surface area contributed by atoms with Crippen LogP contribution in [0.25, 0.3) is 27.8 Å². The molecule has 4 aromatic rings. The molecule has 1 aliphatic rings. The maximum Gasteiger partial charge on any atom is 0.354 e. The highest BCUT2D eigenvalue weighted by molar-refractivity contribution is 6.31. The standard InChI is InChI=1S/C19H13ClFN3O2/c20-10-4-7-15-14(8-10)16-17(26-15)18(22-12-5-6-12)23-19(25)24(16)13-3-1-2-11(21)9-13/h1-4,7-9,12H,5-6H2,(H,22,23,25). The minimum atomic E-state index is -0.506. The fraction of sp³-hybridized carbons (Fsp3) is 0.158. The first kappa shape index (κ1) is 15.4. The number of hydrogen-bond donors (Lipinski definition) is 1. The van der Waals surface area contributed by atoms with Gasteiger partial charge in [-0.1, -0.05) is 17.7 Å². The number of hydrogen-bond acceptors (Lipinski definition) is 4. The minimum absolute atomic E-state index is 0.298. The predicted octanol–water partition coefficient (Wildman–Crippen LogP) is 4.50. The van der Waals surface area contributed by atoms with Gasteiger partial charge in [-0.25, -0.2) is 9.18 Å². The van der Waals surface area contributed by atoms with E-state index < -0.39 is 11.5 Å². The van der Waals surface area contributed by atoms with Crippen LogP contribution in [0.4, 0.5) is 10.2 Å². The SMILES string of the molecule is O=c1nc(NC2CC2)c2oc3ccc(Cl)cc3c2n1-c1cccc(F)c1. The van der Waals surface area contributed by atoms with Gasteiger partial charge in [0.1, 0.15) is 16.9 Å². The van der Waals surface area contributed by atoms with E-state index in [-0.39, 0.29) is 0 Å². The lowest BCUT2D eigenvalue weighted by Crippen LogP contribution is -2.23. The molecular formula is C19H13ClFN3O2. The molecular weight excluding hydrogens is 357 g/mol. The van der Waals surface area contributed by atoms with Gasteiger partial charge in [0.05, 0.1) is 5.69 Å². The van der Waals surface area contributed by atoms with Gasteiger partial charge >= 0.3 is 5.69 Å². The van der Waals surface area contributed by atoms with Gasteiger partial charge in [0.25, 0.3) is 0 Å². The fourth-order valence-corrected chi connectivity index (χ4v) is 3.28. The molecule has 5 nitrogen and oxygen atoms in total. The summed E-state index contributed by atoms with van der Waals surface area (Å²) < 4.78 is 21.1. The highest BCUT2D eigenvalue weighted by Gasteiger charge is 2.26. The van der Waals surface area contributed by atoms with E-state index in [1.54, 1.807) is 30.3 Å². The van der Waals surface area contributed by atoms with Crippen molar-refractivity contribution < 1.29 is 8.81 Å². The minimum Gasteiger partial charge on any atom is -0.450 e. The van der Waals surface area contributed by atoms with Gasteiger partial charge in [-0.15, -0.1) is 0 Å². The van der Waals surface area contributed by atoms with E-state index in [4.69, 9.17) is 16.0 Å². The molecule has 0 bridgehead atoms. The Bertz CT molecular complexity index is 1230. The Morgan fingerprint density at radius 1 is 1.23 bits per heavy atom. The van der Waals surface area contributed by atoms with E-state index in [9.17, 15) is 9.18 Å². The van der Waals surface area contributed by atoms with E-state index in [1.807, 2.05) is 0 Å². The van der Waals surface area contributed by atoms with Crippen LogP contribution in [0.5, 0.6) is 0 Å². The Balaban J connectivity index is 1.91. The van der Waals surface area contributed by atoms with Gasteiger partial charge in [-0.2, -0.15) is 4.98 Å². The number of nitrogens with zero attached hydrogens (tertiary/aromatic N) is 2. The quantitative estimate of drug-likeness (QED) is 0.577. The number of anilines is 1. The molecule has 5 rings (SSSR count). The Morgan fingerprint density at radius 2 is 2.08 bits per heavy atom. The van der Waals surface area contributed by atoms with E-state index in [0.29, 0.717) is 44.6 Å². The van der Waals surface area contributed by atoms with E-state index >= 15 is 0 Å². The van der Waals surface area contributed by atoms with Crippen LogP contribution in [0.2, 0.25) is 5.02 Å². The molecule has 1 fully saturated rings. The Morgan fingerprint density at radius 3 is 2.85 bits per heavy atom. The highest BCUT2D eigenvalue weighted by atomic mass is 35.5. The van der Waals surface area contributed by atoms with Crippen LogP contribution < -0.4 is 11.0 Å². The molecule has 1 saturated carbocycles. The van der Waals surface area contributed by atoms with Crippen LogP contribution >= 0.6 is 11.6 Å². The number of aromatic nitrogens is 2. The summed E-state index contributed by atoms with van der Waals surface area (Å²) in [6, 6.07) is 11.3. The second-order valence-corrected chi connectivity index (χ2v) is 6.83. The van der Waals surface area contributed by atoms with Crippen molar-refractivity contribution in [2.24, 2.45) is 0 Å². The average molecular weight is 370 g/mol. The average Bonchev–Trinajstić information content (AvgIpc) is 3.35. The van der Waals surface area contributed by atoms with Crippen molar-refractivity contribution in [3.63, 3.8) is 0 Å². The second-order valence-electron chi connectivity index (χ2n) is 6.40. The maximum atomic E-state index is 13.8. The molecule has 7 heteroatoms. The van der Waals surface area contributed by atoms with Crippen molar-refractivity contribution in [1.82, 2.24) is 9.55 Å². The van der Waals surface area contributed by atoms with Gasteiger partial charge in [-0.3, -0.25) is 4.57 Å². The van der Waals surface area contributed by atoms with Gasteiger partial charge in [0.2, 0.25) is 0 Å². The third-order valence-electron chi connectivity index (χ3n) is 4.45. The number of rotatable bonds is 3. The fourth-order valence-electron chi connectivity index (χ4n) is 3.11. The molecule has 1 N–H and O–H groups in total. The molecule has 2 heterocycles. The van der Waals surface area contributed by atoms with Gasteiger partial charge < -0.3 is 9.73 Å². The summed E-state index contributed by atoms with van der Waals surface area (Å²) in [6.45, 7) is 0. The van der Waals surface area contributed by atoms with Crippen LogP contribution in [-0.2, 0) is 0 Å². The van der Waals surface area contributed by atoms with Crippen LogP contribution in [0.3, 0.4) is 0 Å². The summed E-state index contributed by atoms with van der Waals surface area (Å²) in [5.41, 5.74) is 1.44.